The fourth-order valence-corrected chi connectivity index (χ4v) is 3.96. The van der Waals surface area contributed by atoms with Gasteiger partial charge in [0.25, 0.3) is 5.56 Å². The van der Waals surface area contributed by atoms with Gasteiger partial charge < -0.3 is 10.2 Å². The van der Waals surface area contributed by atoms with Crippen LogP contribution >= 0.6 is 0 Å². The van der Waals surface area contributed by atoms with Gasteiger partial charge in [-0.1, -0.05) is 32.9 Å². The van der Waals surface area contributed by atoms with Gasteiger partial charge in [0.2, 0.25) is 5.91 Å². The van der Waals surface area contributed by atoms with Crippen molar-refractivity contribution in [1.29, 1.82) is 0 Å². The van der Waals surface area contributed by atoms with E-state index in [0.29, 0.717) is 18.6 Å². The molecule has 1 N–H and O–H groups in total. The number of amides is 1. The van der Waals surface area contributed by atoms with Crippen LogP contribution in [0, 0.1) is 6.92 Å². The molecule has 1 atom stereocenters. The normalized spacial score (nSPS) is 12.7. The Labute approximate surface area is 171 Å². The molecule has 1 aromatic carbocycles. The molecule has 0 aliphatic carbocycles. The van der Waals surface area contributed by atoms with Crippen molar-refractivity contribution in [1.82, 2.24) is 24.4 Å². The number of para-hydroxylation sites is 1. The standard InChI is InChI=1S/C22H31N5O2/c1-5-18(22(29)23-13-10-14-25(6-2)7-3)27-19-12-9-8-11-17(19)21-24-20(28)15-16(4)26(21)27/h8-9,11-12,15,18H,5-7,10,13-14H2,1-4H3,(H,23,29). The fraction of sp³-hybridized carbons (Fsp3) is 0.500. The Bertz CT molecular complexity index is 1050. The lowest BCUT2D eigenvalue weighted by atomic mass is 10.2. The van der Waals surface area contributed by atoms with Crippen LogP contribution in [0.25, 0.3) is 16.6 Å². The van der Waals surface area contributed by atoms with E-state index in [4.69, 9.17) is 0 Å². The number of aromatic nitrogens is 3. The lowest BCUT2D eigenvalue weighted by Gasteiger charge is -2.21. The Morgan fingerprint density at radius 2 is 1.93 bits per heavy atom. The molecule has 2 aromatic heterocycles. The SMILES string of the molecule is CCC(C(=O)NCCCN(CC)CC)n1c2ccccc2c2nc(=O)cc(C)n21. The monoisotopic (exact) mass is 397 g/mol. The van der Waals surface area contributed by atoms with E-state index in [1.807, 2.05) is 47.3 Å². The molecule has 0 radical (unpaired) electrons. The van der Waals surface area contributed by atoms with Crippen molar-refractivity contribution in [3.05, 3.63) is 46.4 Å². The van der Waals surface area contributed by atoms with Gasteiger partial charge in [-0.05, 0) is 51.5 Å². The first kappa shape index (κ1) is 21.0. The molecule has 2 heterocycles. The van der Waals surface area contributed by atoms with E-state index < -0.39 is 0 Å². The molecule has 156 valence electrons. The second-order valence-corrected chi connectivity index (χ2v) is 7.33. The van der Waals surface area contributed by atoms with Gasteiger partial charge in [0.15, 0.2) is 5.65 Å². The number of nitrogens with one attached hydrogen (secondary N) is 1. The van der Waals surface area contributed by atoms with Crippen LogP contribution in [0.3, 0.4) is 0 Å². The second-order valence-electron chi connectivity index (χ2n) is 7.33. The highest BCUT2D eigenvalue weighted by molar-refractivity contribution is 5.94. The van der Waals surface area contributed by atoms with E-state index >= 15 is 0 Å². The molecule has 0 saturated heterocycles. The third-order valence-corrected chi connectivity index (χ3v) is 5.52. The van der Waals surface area contributed by atoms with Crippen molar-refractivity contribution in [3.8, 4) is 0 Å². The summed E-state index contributed by atoms with van der Waals surface area (Å²) in [6.45, 7) is 11.9. The van der Waals surface area contributed by atoms with E-state index in [-0.39, 0.29) is 17.5 Å². The quantitative estimate of drug-likeness (QED) is 0.564. The van der Waals surface area contributed by atoms with E-state index in [1.54, 1.807) is 0 Å². The Hall–Kier alpha value is -2.67. The van der Waals surface area contributed by atoms with Gasteiger partial charge in [0, 0.05) is 23.7 Å². The van der Waals surface area contributed by atoms with Gasteiger partial charge in [-0.15, -0.1) is 0 Å². The maximum absolute atomic E-state index is 13.1. The number of carbonyl (C=O) groups is 1. The number of hydrogen-bond donors (Lipinski definition) is 1. The van der Waals surface area contributed by atoms with E-state index in [0.717, 1.165) is 42.7 Å². The van der Waals surface area contributed by atoms with Crippen molar-refractivity contribution >= 4 is 22.5 Å². The molecule has 0 fully saturated rings. The molecule has 0 saturated carbocycles. The van der Waals surface area contributed by atoms with Gasteiger partial charge in [-0.3, -0.25) is 14.3 Å². The summed E-state index contributed by atoms with van der Waals surface area (Å²) >= 11 is 0. The number of benzene rings is 1. The molecule has 29 heavy (non-hydrogen) atoms. The predicted molar refractivity (Wildman–Crippen MR) is 116 cm³/mol. The molecule has 3 rings (SSSR count). The fourth-order valence-electron chi connectivity index (χ4n) is 3.96. The van der Waals surface area contributed by atoms with Crippen molar-refractivity contribution in [2.75, 3.05) is 26.2 Å². The lowest BCUT2D eigenvalue weighted by Crippen LogP contribution is -2.36. The molecule has 0 aliphatic rings. The summed E-state index contributed by atoms with van der Waals surface area (Å²) in [5.74, 6) is -0.00667. The van der Waals surface area contributed by atoms with Crippen LogP contribution in [0.5, 0.6) is 0 Å². The summed E-state index contributed by atoms with van der Waals surface area (Å²) in [6.07, 6.45) is 1.56. The molecule has 7 heteroatoms. The van der Waals surface area contributed by atoms with Crippen LogP contribution in [-0.2, 0) is 4.79 Å². The highest BCUT2D eigenvalue weighted by Crippen LogP contribution is 2.26. The molecule has 3 aromatic rings. The van der Waals surface area contributed by atoms with Crippen molar-refractivity contribution in [3.63, 3.8) is 0 Å². The van der Waals surface area contributed by atoms with Crippen LogP contribution in [0.4, 0.5) is 0 Å². The average Bonchev–Trinajstić information content (AvgIpc) is 3.03. The minimum Gasteiger partial charge on any atom is -0.354 e. The third-order valence-electron chi connectivity index (χ3n) is 5.52. The van der Waals surface area contributed by atoms with Gasteiger partial charge in [0.1, 0.15) is 6.04 Å². The number of nitrogens with zero attached hydrogens (tertiary/aromatic N) is 4. The van der Waals surface area contributed by atoms with E-state index in [9.17, 15) is 9.59 Å². The minimum atomic E-state index is -0.381. The smallest absolute Gasteiger partial charge is 0.273 e. The molecule has 7 nitrogen and oxygen atoms in total. The van der Waals surface area contributed by atoms with Gasteiger partial charge in [-0.2, -0.15) is 4.98 Å². The van der Waals surface area contributed by atoms with E-state index in [2.05, 4.69) is 29.0 Å². The number of carbonyl (C=O) groups excluding carboxylic acids is 1. The van der Waals surface area contributed by atoms with Gasteiger partial charge in [-0.25, -0.2) is 4.52 Å². The molecule has 1 unspecified atom stereocenters. The Morgan fingerprint density at radius 3 is 2.62 bits per heavy atom. The topological polar surface area (TPSA) is 71.6 Å². The zero-order chi connectivity index (χ0) is 21.0. The second kappa shape index (κ2) is 9.22. The summed E-state index contributed by atoms with van der Waals surface area (Å²) < 4.78 is 3.88. The average molecular weight is 398 g/mol. The van der Waals surface area contributed by atoms with Crippen LogP contribution in [-0.4, -0.2) is 51.2 Å². The first-order valence-corrected chi connectivity index (χ1v) is 10.5. The van der Waals surface area contributed by atoms with Gasteiger partial charge >= 0.3 is 0 Å². The maximum Gasteiger partial charge on any atom is 0.273 e. The minimum absolute atomic E-state index is 0.00667. The molecule has 0 bridgehead atoms. The van der Waals surface area contributed by atoms with Gasteiger partial charge in [0.05, 0.1) is 5.52 Å². The first-order chi connectivity index (χ1) is 14.0. The number of fused-ring (bicyclic) bond motifs is 3. The largest absolute Gasteiger partial charge is 0.354 e. The summed E-state index contributed by atoms with van der Waals surface area (Å²) in [5.41, 5.74) is 2.00. The van der Waals surface area contributed by atoms with Crippen molar-refractivity contribution in [2.45, 2.75) is 46.6 Å². The molecular weight excluding hydrogens is 366 g/mol. The summed E-state index contributed by atoms with van der Waals surface area (Å²) in [6, 6.07) is 8.92. The molecular formula is C22H31N5O2. The first-order valence-electron chi connectivity index (χ1n) is 10.5. The Balaban J connectivity index is 1.92. The molecule has 1 amide bonds. The summed E-state index contributed by atoms with van der Waals surface area (Å²) in [4.78, 5) is 31.6. The number of aryl methyl sites for hydroxylation is 1. The maximum atomic E-state index is 13.1. The lowest BCUT2D eigenvalue weighted by molar-refractivity contribution is -0.124. The number of hydrogen-bond acceptors (Lipinski definition) is 4. The predicted octanol–water partition coefficient (Wildman–Crippen LogP) is 2.76. The Morgan fingerprint density at radius 1 is 1.21 bits per heavy atom. The van der Waals surface area contributed by atoms with Crippen LogP contribution in [0.1, 0.15) is 45.3 Å². The van der Waals surface area contributed by atoms with Crippen LogP contribution in [0.2, 0.25) is 0 Å². The molecule has 0 aliphatic heterocycles. The highest BCUT2D eigenvalue weighted by atomic mass is 16.2. The zero-order valence-electron chi connectivity index (χ0n) is 17.8. The zero-order valence-corrected chi connectivity index (χ0v) is 17.8. The summed E-state index contributed by atoms with van der Waals surface area (Å²) in [7, 11) is 0. The van der Waals surface area contributed by atoms with Crippen molar-refractivity contribution < 1.29 is 4.79 Å². The van der Waals surface area contributed by atoms with Crippen molar-refractivity contribution in [2.24, 2.45) is 0 Å². The molecule has 0 spiro atoms. The number of rotatable bonds is 9. The summed E-state index contributed by atoms with van der Waals surface area (Å²) in [5, 5.41) is 3.98. The third kappa shape index (κ3) is 4.19. The van der Waals surface area contributed by atoms with Crippen LogP contribution in [0.15, 0.2) is 35.1 Å². The highest BCUT2D eigenvalue weighted by Gasteiger charge is 2.24. The Kier molecular flexibility index (Phi) is 6.69. The van der Waals surface area contributed by atoms with Crippen LogP contribution < -0.4 is 10.9 Å². The van der Waals surface area contributed by atoms with E-state index in [1.165, 1.54) is 6.07 Å².